The van der Waals surface area contributed by atoms with Gasteiger partial charge in [0.05, 0.1) is 0 Å². The van der Waals surface area contributed by atoms with Crippen LogP contribution >= 0.6 is 11.8 Å². The van der Waals surface area contributed by atoms with E-state index in [2.05, 4.69) is 0 Å². The second-order valence-electron chi connectivity index (χ2n) is 4.82. The number of rotatable bonds is 6. The molecule has 0 amide bonds. The maximum Gasteiger partial charge on any atom is 0.181 e. The summed E-state index contributed by atoms with van der Waals surface area (Å²) < 4.78 is 10.8. The van der Waals surface area contributed by atoms with Crippen molar-refractivity contribution in [1.82, 2.24) is 0 Å². The molecule has 0 saturated heterocycles. The lowest BCUT2D eigenvalue weighted by Crippen LogP contribution is -2.07. The van der Waals surface area contributed by atoms with Crippen LogP contribution in [0.5, 0.6) is 11.5 Å². The molecule has 0 N–H and O–H groups in total. The minimum Gasteiger partial charge on any atom is -0.476 e. The van der Waals surface area contributed by atoms with Gasteiger partial charge in [-0.15, -0.1) is 0 Å². The minimum absolute atomic E-state index is 0.461. The quantitative estimate of drug-likeness (QED) is 0.787. The Morgan fingerprint density at radius 1 is 0.739 bits per heavy atom. The van der Waals surface area contributed by atoms with Crippen molar-refractivity contribution in [3.63, 3.8) is 0 Å². The highest BCUT2D eigenvalue weighted by Gasteiger charge is 2.04. The average molecular weight is 324 g/mol. The van der Waals surface area contributed by atoms with Gasteiger partial charge >= 0.3 is 0 Å². The molecule has 2 atom stereocenters. The Morgan fingerprint density at radius 3 is 1.39 bits per heavy atom. The summed E-state index contributed by atoms with van der Waals surface area (Å²) in [4.78, 5) is 2.14. The van der Waals surface area contributed by atoms with Crippen molar-refractivity contribution in [3.05, 3.63) is 48.5 Å². The van der Waals surface area contributed by atoms with Gasteiger partial charge in [0.15, 0.2) is 12.2 Å². The number of ether oxygens (including phenoxy) is 2. The Bertz CT molecular complexity index is 651. The number of nitriles is 2. The molecule has 0 aliphatic heterocycles. The average Bonchev–Trinajstić information content (AvgIpc) is 2.58. The third kappa shape index (κ3) is 5.25. The van der Waals surface area contributed by atoms with E-state index in [1.54, 1.807) is 25.6 Å². The molecular weight excluding hydrogens is 308 g/mol. The first-order valence-corrected chi connectivity index (χ1v) is 7.93. The van der Waals surface area contributed by atoms with E-state index in [-0.39, 0.29) is 0 Å². The Morgan fingerprint density at radius 2 is 1.09 bits per heavy atom. The molecule has 5 heteroatoms. The molecule has 2 aromatic rings. The third-order valence-corrected chi connectivity index (χ3v) is 3.89. The van der Waals surface area contributed by atoms with Crippen LogP contribution in [0.25, 0.3) is 0 Å². The molecule has 2 aromatic carbocycles. The molecule has 0 spiro atoms. The van der Waals surface area contributed by atoms with Crippen molar-refractivity contribution >= 4 is 11.8 Å². The molecule has 0 saturated carbocycles. The van der Waals surface area contributed by atoms with E-state index in [0.717, 1.165) is 9.79 Å². The molecule has 0 aliphatic carbocycles. The normalized spacial score (nSPS) is 12.5. The molecule has 0 aliphatic rings. The monoisotopic (exact) mass is 324 g/mol. The summed E-state index contributed by atoms with van der Waals surface area (Å²) >= 11 is 1.61. The van der Waals surface area contributed by atoms with Gasteiger partial charge in [0.1, 0.15) is 23.6 Å². The van der Waals surface area contributed by atoms with E-state index in [1.807, 2.05) is 60.7 Å². The molecule has 0 bridgehead atoms. The van der Waals surface area contributed by atoms with E-state index in [0.29, 0.717) is 11.5 Å². The fraction of sp³-hybridized carbons (Fsp3) is 0.222. The number of hydrogen-bond acceptors (Lipinski definition) is 5. The Balaban J connectivity index is 1.97. The first kappa shape index (κ1) is 16.7. The zero-order valence-electron chi connectivity index (χ0n) is 12.9. The highest BCUT2D eigenvalue weighted by Crippen LogP contribution is 2.30. The van der Waals surface area contributed by atoms with Gasteiger partial charge in [0.2, 0.25) is 0 Å². The molecule has 4 nitrogen and oxygen atoms in total. The molecule has 2 rings (SSSR count). The molecule has 0 aromatic heterocycles. The van der Waals surface area contributed by atoms with Crippen molar-refractivity contribution < 1.29 is 9.47 Å². The lowest BCUT2D eigenvalue weighted by atomic mass is 10.3. The Hall–Kier alpha value is -2.63. The van der Waals surface area contributed by atoms with E-state index < -0.39 is 12.2 Å². The largest absolute Gasteiger partial charge is 0.476 e. The number of benzene rings is 2. The van der Waals surface area contributed by atoms with Crippen LogP contribution in [0, 0.1) is 22.7 Å². The van der Waals surface area contributed by atoms with Crippen LogP contribution < -0.4 is 9.47 Å². The van der Waals surface area contributed by atoms with Crippen LogP contribution in [-0.4, -0.2) is 12.2 Å². The molecule has 0 radical (unpaired) electrons. The summed E-state index contributed by atoms with van der Waals surface area (Å²) in [5.74, 6) is 1.36. The fourth-order valence-electron chi connectivity index (χ4n) is 1.77. The van der Waals surface area contributed by atoms with Crippen LogP contribution in [0.2, 0.25) is 0 Å². The van der Waals surface area contributed by atoms with Crippen LogP contribution in [0.4, 0.5) is 0 Å². The number of hydrogen-bond donors (Lipinski definition) is 0. The standard InChI is InChI=1S/C18H16N2O2S/c1-13(11-19)21-15-3-7-17(8-4-15)23-18-9-5-16(6-10-18)22-14(2)12-20/h3-10,13-14H,1-2H3/t13-,14-/m1/s1. The molecule has 0 fully saturated rings. The van der Waals surface area contributed by atoms with Crippen LogP contribution in [0.15, 0.2) is 58.3 Å². The maximum atomic E-state index is 8.73. The summed E-state index contributed by atoms with van der Waals surface area (Å²) in [5.41, 5.74) is 0. The highest BCUT2D eigenvalue weighted by atomic mass is 32.2. The van der Waals surface area contributed by atoms with Gasteiger partial charge in [-0.05, 0) is 62.4 Å². The van der Waals surface area contributed by atoms with E-state index in [9.17, 15) is 0 Å². The van der Waals surface area contributed by atoms with Crippen molar-refractivity contribution in [2.75, 3.05) is 0 Å². The zero-order chi connectivity index (χ0) is 16.7. The van der Waals surface area contributed by atoms with Gasteiger partial charge in [-0.25, -0.2) is 0 Å². The molecule has 116 valence electrons. The van der Waals surface area contributed by atoms with Crippen molar-refractivity contribution in [3.8, 4) is 23.6 Å². The van der Waals surface area contributed by atoms with Crippen LogP contribution in [0.1, 0.15) is 13.8 Å². The first-order valence-electron chi connectivity index (χ1n) is 7.11. The van der Waals surface area contributed by atoms with Gasteiger partial charge in [-0.2, -0.15) is 10.5 Å². The van der Waals surface area contributed by atoms with Crippen molar-refractivity contribution in [2.24, 2.45) is 0 Å². The van der Waals surface area contributed by atoms with Gasteiger partial charge in [-0.3, -0.25) is 0 Å². The molecule has 23 heavy (non-hydrogen) atoms. The smallest absolute Gasteiger partial charge is 0.181 e. The lowest BCUT2D eigenvalue weighted by Gasteiger charge is -2.09. The minimum atomic E-state index is -0.461. The fourth-order valence-corrected chi connectivity index (χ4v) is 2.59. The number of nitrogens with zero attached hydrogens (tertiary/aromatic N) is 2. The predicted octanol–water partition coefficient (Wildman–Crippen LogP) is 4.42. The van der Waals surface area contributed by atoms with E-state index >= 15 is 0 Å². The Labute approximate surface area is 140 Å². The van der Waals surface area contributed by atoms with E-state index in [4.69, 9.17) is 20.0 Å². The maximum absolute atomic E-state index is 8.73. The molecular formula is C18H16N2O2S. The molecule has 0 unspecified atom stereocenters. The van der Waals surface area contributed by atoms with E-state index in [1.165, 1.54) is 0 Å². The summed E-state index contributed by atoms with van der Waals surface area (Å²) in [5, 5.41) is 17.5. The lowest BCUT2D eigenvalue weighted by molar-refractivity contribution is 0.276. The van der Waals surface area contributed by atoms with Crippen molar-refractivity contribution in [2.45, 2.75) is 35.8 Å². The Kier molecular flexibility index (Phi) is 5.91. The van der Waals surface area contributed by atoms with Crippen molar-refractivity contribution in [1.29, 1.82) is 10.5 Å². The second kappa shape index (κ2) is 8.12. The highest BCUT2D eigenvalue weighted by molar-refractivity contribution is 7.99. The van der Waals surface area contributed by atoms with Gasteiger partial charge in [-0.1, -0.05) is 11.8 Å². The summed E-state index contributed by atoms with van der Waals surface area (Å²) in [7, 11) is 0. The van der Waals surface area contributed by atoms with Crippen LogP contribution in [-0.2, 0) is 0 Å². The zero-order valence-corrected chi connectivity index (χ0v) is 13.7. The van der Waals surface area contributed by atoms with Gasteiger partial charge < -0.3 is 9.47 Å². The van der Waals surface area contributed by atoms with Gasteiger partial charge in [0, 0.05) is 9.79 Å². The molecule has 0 heterocycles. The van der Waals surface area contributed by atoms with Crippen LogP contribution in [0.3, 0.4) is 0 Å². The summed E-state index contributed by atoms with van der Waals surface area (Å²) in [6.45, 7) is 3.42. The third-order valence-electron chi connectivity index (χ3n) is 2.87. The second-order valence-corrected chi connectivity index (χ2v) is 5.97. The SMILES string of the molecule is C[C@H](C#N)Oc1ccc(Sc2ccc(O[C@H](C)C#N)cc2)cc1. The summed E-state index contributed by atoms with van der Waals surface area (Å²) in [6.07, 6.45) is -0.923. The summed E-state index contributed by atoms with van der Waals surface area (Å²) in [6, 6.07) is 19.3. The topological polar surface area (TPSA) is 66.0 Å². The first-order chi connectivity index (χ1) is 11.1. The van der Waals surface area contributed by atoms with Gasteiger partial charge in [0.25, 0.3) is 0 Å². The predicted molar refractivity (Wildman–Crippen MR) is 88.4 cm³/mol.